The molecule has 0 bridgehead atoms. The predicted octanol–water partition coefficient (Wildman–Crippen LogP) is 3.86. The van der Waals surface area contributed by atoms with Gasteiger partial charge in [0.2, 0.25) is 0 Å². The summed E-state index contributed by atoms with van der Waals surface area (Å²) in [5.74, 6) is 0.521. The molecule has 2 nitrogen and oxygen atoms in total. The van der Waals surface area contributed by atoms with Gasteiger partial charge < -0.3 is 10.1 Å². The summed E-state index contributed by atoms with van der Waals surface area (Å²) >= 11 is 3.20. The second kappa shape index (κ2) is 7.54. The highest BCUT2D eigenvalue weighted by molar-refractivity contribution is 9.11. The van der Waals surface area contributed by atoms with Gasteiger partial charge in [-0.2, -0.15) is 0 Å². The van der Waals surface area contributed by atoms with E-state index < -0.39 is 0 Å². The summed E-state index contributed by atoms with van der Waals surface area (Å²) in [6.45, 7) is 9.68. The van der Waals surface area contributed by atoms with Crippen LogP contribution in [0.25, 0.3) is 0 Å². The Morgan fingerprint density at radius 2 is 2.22 bits per heavy atom. The molecule has 0 fully saturated rings. The van der Waals surface area contributed by atoms with Crippen molar-refractivity contribution in [2.24, 2.45) is 5.92 Å². The van der Waals surface area contributed by atoms with Crippen LogP contribution in [0.15, 0.2) is 29.3 Å². The van der Waals surface area contributed by atoms with Crippen molar-refractivity contribution in [3.8, 4) is 5.75 Å². The molecule has 0 unspecified atom stereocenters. The minimum atomic E-state index is -0.340. The van der Waals surface area contributed by atoms with Gasteiger partial charge in [-0.3, -0.25) is 0 Å². The zero-order valence-corrected chi connectivity index (χ0v) is 12.4. The fourth-order valence-electron chi connectivity index (χ4n) is 1.50. The van der Waals surface area contributed by atoms with Crippen LogP contribution >= 0.6 is 15.9 Å². The quantitative estimate of drug-likeness (QED) is 0.825. The average molecular weight is 316 g/mol. The van der Waals surface area contributed by atoms with Gasteiger partial charge in [0.1, 0.15) is 6.61 Å². The zero-order chi connectivity index (χ0) is 13.5. The lowest BCUT2D eigenvalue weighted by Crippen LogP contribution is -2.19. The van der Waals surface area contributed by atoms with Gasteiger partial charge >= 0.3 is 0 Å². The highest BCUT2D eigenvalue weighted by Crippen LogP contribution is 2.23. The van der Waals surface area contributed by atoms with Crippen LogP contribution in [0, 0.1) is 11.7 Å². The first-order valence-electron chi connectivity index (χ1n) is 5.95. The molecule has 1 aromatic rings. The van der Waals surface area contributed by atoms with Crippen LogP contribution in [0.3, 0.4) is 0 Å². The van der Waals surface area contributed by atoms with Gasteiger partial charge in [-0.1, -0.05) is 48.5 Å². The standard InChI is InChI=1S/C14H19BrFNO/c1-10(2)7-17-8-12-5-4-6-13(16)14(12)18-9-11(3)15/h4-6,10,17H,3,7-9H2,1-2H3. The van der Waals surface area contributed by atoms with E-state index in [9.17, 15) is 4.39 Å². The molecule has 0 aliphatic rings. The fourth-order valence-corrected chi connectivity index (χ4v) is 1.61. The number of ether oxygens (including phenoxy) is 1. The first-order chi connectivity index (χ1) is 8.50. The van der Waals surface area contributed by atoms with Crippen molar-refractivity contribution in [2.45, 2.75) is 20.4 Å². The summed E-state index contributed by atoms with van der Waals surface area (Å²) in [5.41, 5.74) is 0.824. The molecule has 0 atom stereocenters. The van der Waals surface area contributed by atoms with E-state index in [0.29, 0.717) is 22.7 Å². The highest BCUT2D eigenvalue weighted by atomic mass is 79.9. The molecule has 1 aromatic carbocycles. The highest BCUT2D eigenvalue weighted by Gasteiger charge is 2.10. The molecular weight excluding hydrogens is 297 g/mol. The van der Waals surface area contributed by atoms with Crippen molar-refractivity contribution >= 4 is 15.9 Å². The van der Waals surface area contributed by atoms with Crippen LogP contribution in [0.2, 0.25) is 0 Å². The molecule has 0 aliphatic heterocycles. The summed E-state index contributed by atoms with van der Waals surface area (Å²) in [5, 5.41) is 3.28. The Kier molecular flexibility index (Phi) is 6.36. The molecule has 0 saturated heterocycles. The van der Waals surface area contributed by atoms with E-state index in [2.05, 4.69) is 41.7 Å². The van der Waals surface area contributed by atoms with Gasteiger partial charge in [0, 0.05) is 16.6 Å². The molecule has 0 amide bonds. The Hall–Kier alpha value is -0.870. The van der Waals surface area contributed by atoms with Gasteiger partial charge in [-0.05, 0) is 18.5 Å². The molecule has 0 heterocycles. The minimum absolute atomic E-state index is 0.262. The number of benzene rings is 1. The Morgan fingerprint density at radius 3 is 2.83 bits per heavy atom. The number of hydrogen-bond acceptors (Lipinski definition) is 2. The van der Waals surface area contributed by atoms with E-state index in [1.54, 1.807) is 6.07 Å². The normalized spacial score (nSPS) is 10.7. The van der Waals surface area contributed by atoms with E-state index in [0.717, 1.165) is 12.1 Å². The first-order valence-corrected chi connectivity index (χ1v) is 6.74. The summed E-state index contributed by atoms with van der Waals surface area (Å²) in [6, 6.07) is 4.96. The van der Waals surface area contributed by atoms with E-state index in [1.807, 2.05) is 6.07 Å². The van der Waals surface area contributed by atoms with Crippen LogP contribution in [-0.2, 0) is 6.54 Å². The topological polar surface area (TPSA) is 21.3 Å². The number of para-hydroxylation sites is 1. The van der Waals surface area contributed by atoms with E-state index in [-0.39, 0.29) is 12.4 Å². The summed E-state index contributed by atoms with van der Waals surface area (Å²) in [6.07, 6.45) is 0. The lowest BCUT2D eigenvalue weighted by molar-refractivity contribution is 0.334. The van der Waals surface area contributed by atoms with Gasteiger partial charge in [-0.25, -0.2) is 4.39 Å². The molecule has 0 aliphatic carbocycles. The Labute approximate surface area is 116 Å². The van der Waals surface area contributed by atoms with Crippen molar-refractivity contribution in [1.29, 1.82) is 0 Å². The van der Waals surface area contributed by atoms with E-state index in [4.69, 9.17) is 4.74 Å². The SMILES string of the molecule is C=C(Br)COc1c(F)cccc1CNCC(C)C. The third-order valence-electron chi connectivity index (χ3n) is 2.29. The first kappa shape index (κ1) is 15.2. The van der Waals surface area contributed by atoms with Crippen molar-refractivity contribution in [3.63, 3.8) is 0 Å². The Balaban J connectivity index is 2.70. The lowest BCUT2D eigenvalue weighted by atomic mass is 10.1. The molecule has 0 aromatic heterocycles. The van der Waals surface area contributed by atoms with Crippen LogP contribution in [0.1, 0.15) is 19.4 Å². The number of hydrogen-bond donors (Lipinski definition) is 1. The third kappa shape index (κ3) is 5.19. The van der Waals surface area contributed by atoms with Crippen LogP contribution < -0.4 is 10.1 Å². The third-order valence-corrected chi connectivity index (χ3v) is 2.52. The minimum Gasteiger partial charge on any atom is -0.485 e. The molecule has 0 spiro atoms. The number of nitrogens with one attached hydrogen (secondary N) is 1. The summed E-state index contributed by atoms with van der Waals surface area (Å²) < 4.78 is 19.8. The second-order valence-corrected chi connectivity index (χ2v) is 5.68. The van der Waals surface area contributed by atoms with E-state index in [1.165, 1.54) is 6.07 Å². The zero-order valence-electron chi connectivity index (χ0n) is 10.8. The number of halogens is 2. The molecule has 1 rings (SSSR count). The maximum Gasteiger partial charge on any atom is 0.165 e. The fraction of sp³-hybridized carbons (Fsp3) is 0.429. The molecular formula is C14H19BrFNO. The summed E-state index contributed by atoms with van der Waals surface area (Å²) in [4.78, 5) is 0. The van der Waals surface area contributed by atoms with Crippen molar-refractivity contribution in [3.05, 3.63) is 40.6 Å². The maximum absolute atomic E-state index is 13.7. The Morgan fingerprint density at radius 1 is 1.50 bits per heavy atom. The molecule has 100 valence electrons. The van der Waals surface area contributed by atoms with E-state index >= 15 is 0 Å². The van der Waals surface area contributed by atoms with Gasteiger partial charge in [-0.15, -0.1) is 0 Å². The average Bonchev–Trinajstić information content (AvgIpc) is 2.27. The van der Waals surface area contributed by atoms with Crippen LogP contribution in [0.5, 0.6) is 5.75 Å². The predicted molar refractivity (Wildman–Crippen MR) is 76.5 cm³/mol. The Bertz CT molecular complexity index is 407. The molecule has 4 heteroatoms. The van der Waals surface area contributed by atoms with Crippen LogP contribution in [0.4, 0.5) is 4.39 Å². The lowest BCUT2D eigenvalue weighted by Gasteiger charge is -2.13. The molecule has 0 saturated carbocycles. The van der Waals surface area contributed by atoms with Crippen LogP contribution in [-0.4, -0.2) is 13.2 Å². The van der Waals surface area contributed by atoms with Crippen molar-refractivity contribution in [2.75, 3.05) is 13.2 Å². The largest absolute Gasteiger partial charge is 0.485 e. The summed E-state index contributed by atoms with van der Waals surface area (Å²) in [7, 11) is 0. The molecule has 0 radical (unpaired) electrons. The monoisotopic (exact) mass is 315 g/mol. The van der Waals surface area contributed by atoms with Gasteiger partial charge in [0.25, 0.3) is 0 Å². The molecule has 18 heavy (non-hydrogen) atoms. The number of rotatable bonds is 7. The van der Waals surface area contributed by atoms with Crippen molar-refractivity contribution in [1.82, 2.24) is 5.32 Å². The maximum atomic E-state index is 13.7. The smallest absolute Gasteiger partial charge is 0.165 e. The second-order valence-electron chi connectivity index (χ2n) is 4.56. The molecule has 1 N–H and O–H groups in total. The van der Waals surface area contributed by atoms with Gasteiger partial charge in [0.15, 0.2) is 11.6 Å². The van der Waals surface area contributed by atoms with Crippen molar-refractivity contribution < 1.29 is 9.13 Å². The van der Waals surface area contributed by atoms with Gasteiger partial charge in [0.05, 0.1) is 0 Å².